The van der Waals surface area contributed by atoms with Crippen LogP contribution in [-0.4, -0.2) is 16.1 Å². The summed E-state index contributed by atoms with van der Waals surface area (Å²) >= 11 is 0. The number of carboxylic acid groups (broad SMARTS) is 1. The molecule has 24 heavy (non-hydrogen) atoms. The minimum atomic E-state index is -0.794. The molecular weight excluding hydrogens is 305 g/mol. The van der Waals surface area contributed by atoms with E-state index in [2.05, 4.69) is 4.98 Å². The van der Waals surface area contributed by atoms with Crippen molar-refractivity contribution >= 4 is 16.9 Å². The maximum Gasteiger partial charge on any atom is 0.331 e. The highest BCUT2D eigenvalue weighted by Crippen LogP contribution is 2.53. The number of halogens is 1. The van der Waals surface area contributed by atoms with Crippen molar-refractivity contribution in [3.63, 3.8) is 0 Å². The first-order valence-corrected chi connectivity index (χ1v) is 8.49. The third-order valence-corrected chi connectivity index (χ3v) is 5.89. The molecule has 1 aromatic heterocycles. The van der Waals surface area contributed by atoms with Gasteiger partial charge in [0.1, 0.15) is 5.82 Å². The van der Waals surface area contributed by atoms with Gasteiger partial charge in [0.05, 0.1) is 5.52 Å². The molecule has 0 radical (unpaired) electrons. The van der Waals surface area contributed by atoms with E-state index in [1.807, 2.05) is 12.3 Å². The lowest BCUT2D eigenvalue weighted by Gasteiger charge is -2.15. The number of aliphatic carboxylic acids is 1. The zero-order valence-corrected chi connectivity index (χ0v) is 13.6. The first-order valence-electron chi connectivity index (χ1n) is 8.49. The van der Waals surface area contributed by atoms with E-state index in [0.29, 0.717) is 23.3 Å². The van der Waals surface area contributed by atoms with Gasteiger partial charge >= 0.3 is 5.97 Å². The maximum atomic E-state index is 13.7. The van der Waals surface area contributed by atoms with Crippen LogP contribution in [0.25, 0.3) is 10.9 Å². The molecule has 0 saturated heterocycles. The largest absolute Gasteiger partial charge is 0.478 e. The van der Waals surface area contributed by atoms with E-state index in [-0.39, 0.29) is 5.82 Å². The molecule has 0 spiro atoms. The number of nitrogens with zero attached hydrogens (tertiary/aromatic N) is 1. The van der Waals surface area contributed by atoms with E-state index in [1.165, 1.54) is 11.6 Å². The lowest BCUT2D eigenvalue weighted by Crippen LogP contribution is -2.02. The molecule has 0 bridgehead atoms. The fourth-order valence-corrected chi connectivity index (χ4v) is 4.64. The second-order valence-corrected chi connectivity index (χ2v) is 7.19. The predicted octanol–water partition coefficient (Wildman–Crippen LogP) is 4.68. The second kappa shape index (κ2) is 5.69. The van der Waals surface area contributed by atoms with Crippen LogP contribution in [0.1, 0.15) is 44.1 Å². The lowest BCUT2D eigenvalue weighted by molar-refractivity contribution is -0.132. The van der Waals surface area contributed by atoms with Gasteiger partial charge in [-0.3, -0.25) is 4.98 Å². The van der Waals surface area contributed by atoms with Crippen LogP contribution in [0.3, 0.4) is 0 Å². The number of allylic oxidation sites excluding steroid dienone is 1. The molecule has 0 aliphatic heterocycles. The van der Waals surface area contributed by atoms with Crippen molar-refractivity contribution in [2.45, 2.75) is 38.5 Å². The fourth-order valence-electron chi connectivity index (χ4n) is 4.64. The molecule has 2 aromatic rings. The molecule has 2 aliphatic carbocycles. The molecule has 4 rings (SSSR count). The maximum absolute atomic E-state index is 13.7. The third-order valence-electron chi connectivity index (χ3n) is 5.89. The number of benzene rings is 1. The molecule has 1 heterocycles. The van der Waals surface area contributed by atoms with E-state index in [0.717, 1.165) is 42.2 Å². The fraction of sp³-hybridized carbons (Fsp3) is 0.400. The highest BCUT2D eigenvalue weighted by Gasteiger charge is 2.41. The van der Waals surface area contributed by atoms with Crippen LogP contribution >= 0.6 is 0 Å². The van der Waals surface area contributed by atoms with Crippen LogP contribution in [0.15, 0.2) is 41.6 Å². The Morgan fingerprint density at radius 1 is 1.21 bits per heavy atom. The lowest BCUT2D eigenvalue weighted by atomic mass is 9.91. The van der Waals surface area contributed by atoms with Gasteiger partial charge in [0.25, 0.3) is 0 Å². The summed E-state index contributed by atoms with van der Waals surface area (Å²) in [4.78, 5) is 15.5. The summed E-state index contributed by atoms with van der Waals surface area (Å²) < 4.78 is 13.7. The summed E-state index contributed by atoms with van der Waals surface area (Å²) in [5.41, 5.74) is 3.67. The number of pyridine rings is 1. The van der Waals surface area contributed by atoms with Crippen molar-refractivity contribution in [3.05, 3.63) is 53.0 Å². The number of carbonyl (C=O) groups is 1. The molecule has 2 aliphatic rings. The smallest absolute Gasteiger partial charge is 0.331 e. The van der Waals surface area contributed by atoms with Crippen LogP contribution in [0.4, 0.5) is 4.39 Å². The number of aromatic nitrogens is 1. The topological polar surface area (TPSA) is 50.2 Å². The molecular formula is C20H20FNO2. The average Bonchev–Trinajstić information content (AvgIpc) is 3.12. The van der Waals surface area contributed by atoms with Crippen LogP contribution in [0, 0.1) is 17.7 Å². The Balaban J connectivity index is 1.61. The Morgan fingerprint density at radius 2 is 1.92 bits per heavy atom. The van der Waals surface area contributed by atoms with Crippen molar-refractivity contribution in [1.29, 1.82) is 0 Å². The van der Waals surface area contributed by atoms with Crippen LogP contribution < -0.4 is 0 Å². The van der Waals surface area contributed by atoms with E-state index in [1.54, 1.807) is 19.1 Å². The van der Waals surface area contributed by atoms with Gasteiger partial charge in [-0.05, 0) is 80.2 Å². The highest BCUT2D eigenvalue weighted by molar-refractivity contribution is 5.87. The van der Waals surface area contributed by atoms with Gasteiger partial charge in [-0.25, -0.2) is 9.18 Å². The van der Waals surface area contributed by atoms with Gasteiger partial charge in [0.2, 0.25) is 0 Å². The quantitative estimate of drug-likeness (QED) is 0.816. The Hall–Kier alpha value is -2.23. The van der Waals surface area contributed by atoms with Crippen LogP contribution in [0.2, 0.25) is 0 Å². The van der Waals surface area contributed by atoms with E-state index in [4.69, 9.17) is 0 Å². The number of hydrogen-bond acceptors (Lipinski definition) is 2. The first-order chi connectivity index (χ1) is 11.5. The molecule has 124 valence electrons. The summed E-state index contributed by atoms with van der Waals surface area (Å²) in [7, 11) is 0. The monoisotopic (exact) mass is 325 g/mol. The molecule has 3 nitrogen and oxygen atoms in total. The van der Waals surface area contributed by atoms with Gasteiger partial charge in [-0.15, -0.1) is 0 Å². The molecule has 4 heteroatoms. The SMILES string of the molecule is CC(C(=O)O)=C1C[C@@H]2CC(c3ccnc4ccc(F)cc34)C[C@@H]2C1. The van der Waals surface area contributed by atoms with E-state index < -0.39 is 5.97 Å². The molecule has 0 amide bonds. The molecule has 2 fully saturated rings. The molecule has 1 aromatic carbocycles. The van der Waals surface area contributed by atoms with Crippen LogP contribution in [0.5, 0.6) is 0 Å². The van der Waals surface area contributed by atoms with Gasteiger partial charge in [0.15, 0.2) is 0 Å². The Bertz CT molecular complexity index is 842. The Morgan fingerprint density at radius 3 is 2.58 bits per heavy atom. The molecule has 3 atom stereocenters. The van der Waals surface area contributed by atoms with Crippen molar-refractivity contribution < 1.29 is 14.3 Å². The molecule has 2 saturated carbocycles. The second-order valence-electron chi connectivity index (χ2n) is 7.19. The van der Waals surface area contributed by atoms with Gasteiger partial charge in [0, 0.05) is 17.2 Å². The summed E-state index contributed by atoms with van der Waals surface area (Å²) in [6.45, 7) is 1.72. The standard InChI is InChI=1S/C20H20FNO2/c1-11(20(23)24)12-6-13-8-15(9-14(13)7-12)17-4-5-22-19-3-2-16(21)10-18(17)19/h2-5,10,13-15H,6-9H2,1H3,(H,23,24)/t13-,14+,15?. The Kier molecular flexibility index (Phi) is 3.63. The van der Waals surface area contributed by atoms with Crippen molar-refractivity contribution in [3.8, 4) is 0 Å². The summed E-state index contributed by atoms with van der Waals surface area (Å²) in [5.74, 6) is 0.500. The van der Waals surface area contributed by atoms with E-state index >= 15 is 0 Å². The summed E-state index contributed by atoms with van der Waals surface area (Å²) in [6.07, 6.45) is 5.71. The minimum absolute atomic E-state index is 0.225. The van der Waals surface area contributed by atoms with Crippen molar-refractivity contribution in [2.75, 3.05) is 0 Å². The van der Waals surface area contributed by atoms with Gasteiger partial charge < -0.3 is 5.11 Å². The highest BCUT2D eigenvalue weighted by atomic mass is 19.1. The minimum Gasteiger partial charge on any atom is -0.478 e. The number of carboxylic acids is 1. The average molecular weight is 325 g/mol. The Labute approximate surface area is 140 Å². The normalized spacial score (nSPS) is 28.2. The molecule has 1 N–H and O–H groups in total. The zero-order valence-electron chi connectivity index (χ0n) is 13.6. The van der Waals surface area contributed by atoms with Crippen molar-refractivity contribution in [2.24, 2.45) is 11.8 Å². The summed E-state index contributed by atoms with van der Waals surface area (Å²) in [5, 5.41) is 10.1. The van der Waals surface area contributed by atoms with E-state index in [9.17, 15) is 14.3 Å². The summed E-state index contributed by atoms with van der Waals surface area (Å²) in [6, 6.07) is 6.80. The zero-order chi connectivity index (χ0) is 16.8. The number of hydrogen-bond donors (Lipinski definition) is 1. The van der Waals surface area contributed by atoms with Gasteiger partial charge in [-0.2, -0.15) is 0 Å². The molecule has 1 unspecified atom stereocenters. The third kappa shape index (κ3) is 2.50. The van der Waals surface area contributed by atoms with Crippen LogP contribution in [-0.2, 0) is 4.79 Å². The number of rotatable bonds is 2. The number of fused-ring (bicyclic) bond motifs is 2. The van der Waals surface area contributed by atoms with Crippen molar-refractivity contribution in [1.82, 2.24) is 4.98 Å². The first kappa shape index (κ1) is 15.3. The van der Waals surface area contributed by atoms with Gasteiger partial charge in [-0.1, -0.05) is 5.57 Å². The predicted molar refractivity (Wildman–Crippen MR) is 90.2 cm³/mol.